The summed E-state index contributed by atoms with van der Waals surface area (Å²) in [6, 6.07) is 10.3. The van der Waals surface area contributed by atoms with Crippen molar-refractivity contribution in [2.45, 2.75) is 26.2 Å². The van der Waals surface area contributed by atoms with Gasteiger partial charge in [0.15, 0.2) is 0 Å². The van der Waals surface area contributed by atoms with Crippen LogP contribution >= 0.6 is 0 Å². The van der Waals surface area contributed by atoms with Gasteiger partial charge in [-0.05, 0) is 24.8 Å². The molecule has 1 aliphatic heterocycles. The molecule has 0 saturated carbocycles. The van der Waals surface area contributed by atoms with Gasteiger partial charge in [0.1, 0.15) is 0 Å². The van der Waals surface area contributed by atoms with Crippen LogP contribution in [0.15, 0.2) is 30.3 Å². The third kappa shape index (κ3) is 1.84. The Bertz CT molecular complexity index is 374. The summed E-state index contributed by atoms with van der Waals surface area (Å²) in [4.78, 5) is 14.1. The van der Waals surface area contributed by atoms with Gasteiger partial charge < -0.3 is 4.90 Å². The summed E-state index contributed by atoms with van der Waals surface area (Å²) >= 11 is 0. The molecule has 0 radical (unpaired) electrons. The molecule has 2 nitrogen and oxygen atoms in total. The first-order chi connectivity index (χ1) is 7.68. The number of rotatable bonds is 3. The summed E-state index contributed by atoms with van der Waals surface area (Å²) < 4.78 is 0. The summed E-state index contributed by atoms with van der Waals surface area (Å²) in [5.74, 6) is 0.318. The third-order valence-corrected chi connectivity index (χ3v) is 3.79. The van der Waals surface area contributed by atoms with E-state index in [1.807, 2.05) is 30.1 Å². The van der Waals surface area contributed by atoms with Crippen LogP contribution in [-0.2, 0) is 11.2 Å². The van der Waals surface area contributed by atoms with Gasteiger partial charge in [0, 0.05) is 13.6 Å². The molecule has 1 unspecified atom stereocenters. The van der Waals surface area contributed by atoms with E-state index < -0.39 is 0 Å². The SMILES string of the molecule is CCC1(Cc2ccccc2)CCN(C)C1=O. The molecular weight excluding hydrogens is 198 g/mol. The minimum Gasteiger partial charge on any atom is -0.345 e. The van der Waals surface area contributed by atoms with Gasteiger partial charge in [-0.2, -0.15) is 0 Å². The number of nitrogens with zero attached hydrogens (tertiary/aromatic N) is 1. The van der Waals surface area contributed by atoms with Crippen LogP contribution in [0, 0.1) is 5.41 Å². The molecule has 16 heavy (non-hydrogen) atoms. The average Bonchev–Trinajstić information content (AvgIpc) is 2.60. The second-order valence-electron chi connectivity index (χ2n) is 4.77. The van der Waals surface area contributed by atoms with E-state index in [0.29, 0.717) is 5.91 Å². The quantitative estimate of drug-likeness (QED) is 0.761. The molecule has 1 aromatic rings. The highest BCUT2D eigenvalue weighted by Crippen LogP contribution is 2.37. The van der Waals surface area contributed by atoms with E-state index in [9.17, 15) is 4.79 Å². The minimum absolute atomic E-state index is 0.143. The number of amides is 1. The van der Waals surface area contributed by atoms with Crippen molar-refractivity contribution in [3.8, 4) is 0 Å². The predicted octanol–water partition coefficient (Wildman–Crippen LogP) is 2.49. The number of carbonyl (C=O) groups excluding carboxylic acids is 1. The zero-order valence-electron chi connectivity index (χ0n) is 10.1. The summed E-state index contributed by atoms with van der Waals surface area (Å²) in [6.07, 6.45) is 2.81. The van der Waals surface area contributed by atoms with E-state index in [-0.39, 0.29) is 5.41 Å². The van der Waals surface area contributed by atoms with Gasteiger partial charge in [-0.25, -0.2) is 0 Å². The van der Waals surface area contributed by atoms with Crippen LogP contribution in [0.5, 0.6) is 0 Å². The van der Waals surface area contributed by atoms with Crippen LogP contribution in [0.25, 0.3) is 0 Å². The Labute approximate surface area is 97.3 Å². The molecule has 1 fully saturated rings. The lowest BCUT2D eigenvalue weighted by Crippen LogP contribution is -2.33. The molecule has 0 aliphatic carbocycles. The average molecular weight is 217 g/mol. The second kappa shape index (κ2) is 4.28. The first kappa shape index (κ1) is 11.2. The highest BCUT2D eigenvalue weighted by atomic mass is 16.2. The highest BCUT2D eigenvalue weighted by molar-refractivity contribution is 5.84. The fraction of sp³-hybridized carbons (Fsp3) is 0.500. The lowest BCUT2D eigenvalue weighted by molar-refractivity contribution is -0.135. The molecule has 0 aromatic heterocycles. The highest BCUT2D eigenvalue weighted by Gasteiger charge is 2.43. The first-order valence-electron chi connectivity index (χ1n) is 5.97. The lowest BCUT2D eigenvalue weighted by Gasteiger charge is -2.25. The monoisotopic (exact) mass is 217 g/mol. The summed E-state index contributed by atoms with van der Waals surface area (Å²) in [6.45, 7) is 3.03. The summed E-state index contributed by atoms with van der Waals surface area (Å²) in [7, 11) is 1.91. The maximum atomic E-state index is 12.2. The van der Waals surface area contributed by atoms with Crippen molar-refractivity contribution in [3.05, 3.63) is 35.9 Å². The topological polar surface area (TPSA) is 20.3 Å². The fourth-order valence-electron chi connectivity index (χ4n) is 2.60. The zero-order chi connectivity index (χ0) is 11.6. The van der Waals surface area contributed by atoms with Crippen LogP contribution in [0.3, 0.4) is 0 Å². The first-order valence-corrected chi connectivity index (χ1v) is 5.97. The third-order valence-electron chi connectivity index (χ3n) is 3.79. The molecule has 1 amide bonds. The number of benzene rings is 1. The number of likely N-dealkylation sites (tertiary alicyclic amines) is 1. The molecule has 2 heteroatoms. The van der Waals surface area contributed by atoms with Crippen LogP contribution in [-0.4, -0.2) is 24.4 Å². The molecule has 0 bridgehead atoms. The molecule has 1 aromatic carbocycles. The fourth-order valence-corrected chi connectivity index (χ4v) is 2.60. The largest absolute Gasteiger partial charge is 0.345 e. The maximum absolute atomic E-state index is 12.2. The van der Waals surface area contributed by atoms with Gasteiger partial charge in [-0.1, -0.05) is 37.3 Å². The van der Waals surface area contributed by atoms with Crippen molar-refractivity contribution in [1.82, 2.24) is 4.90 Å². The molecule has 1 saturated heterocycles. The van der Waals surface area contributed by atoms with Crippen molar-refractivity contribution in [1.29, 1.82) is 0 Å². The zero-order valence-corrected chi connectivity index (χ0v) is 10.1. The predicted molar refractivity (Wildman–Crippen MR) is 65.1 cm³/mol. The van der Waals surface area contributed by atoms with Gasteiger partial charge in [-0.15, -0.1) is 0 Å². The number of hydrogen-bond donors (Lipinski definition) is 0. The Hall–Kier alpha value is -1.31. The maximum Gasteiger partial charge on any atom is 0.228 e. The molecule has 1 aliphatic rings. The van der Waals surface area contributed by atoms with Crippen molar-refractivity contribution < 1.29 is 4.79 Å². The van der Waals surface area contributed by atoms with E-state index in [1.165, 1.54) is 5.56 Å². The van der Waals surface area contributed by atoms with E-state index in [4.69, 9.17) is 0 Å². The summed E-state index contributed by atoms with van der Waals surface area (Å²) in [5.41, 5.74) is 1.13. The molecule has 0 N–H and O–H groups in total. The molecule has 1 heterocycles. The van der Waals surface area contributed by atoms with E-state index in [2.05, 4.69) is 19.1 Å². The van der Waals surface area contributed by atoms with Crippen LogP contribution in [0.2, 0.25) is 0 Å². The van der Waals surface area contributed by atoms with Gasteiger partial charge in [0.05, 0.1) is 5.41 Å². The minimum atomic E-state index is -0.143. The van der Waals surface area contributed by atoms with Crippen molar-refractivity contribution >= 4 is 5.91 Å². The lowest BCUT2D eigenvalue weighted by atomic mass is 9.78. The Morgan fingerprint density at radius 2 is 2.00 bits per heavy atom. The normalized spacial score (nSPS) is 25.1. The van der Waals surface area contributed by atoms with E-state index in [0.717, 1.165) is 25.8 Å². The van der Waals surface area contributed by atoms with Gasteiger partial charge in [0.25, 0.3) is 0 Å². The molecule has 86 valence electrons. The molecular formula is C14H19NO. The van der Waals surface area contributed by atoms with Crippen molar-refractivity contribution in [2.75, 3.05) is 13.6 Å². The smallest absolute Gasteiger partial charge is 0.228 e. The van der Waals surface area contributed by atoms with Gasteiger partial charge in [-0.3, -0.25) is 4.79 Å². The second-order valence-corrected chi connectivity index (χ2v) is 4.77. The van der Waals surface area contributed by atoms with Crippen molar-refractivity contribution in [2.24, 2.45) is 5.41 Å². The summed E-state index contributed by atoms with van der Waals surface area (Å²) in [5, 5.41) is 0. The van der Waals surface area contributed by atoms with Gasteiger partial charge >= 0.3 is 0 Å². The molecule has 1 atom stereocenters. The Balaban J connectivity index is 2.21. The molecule has 0 spiro atoms. The van der Waals surface area contributed by atoms with Crippen LogP contribution < -0.4 is 0 Å². The number of carbonyl (C=O) groups is 1. The molecule has 2 rings (SSSR count). The Morgan fingerprint density at radius 1 is 1.31 bits per heavy atom. The van der Waals surface area contributed by atoms with E-state index in [1.54, 1.807) is 0 Å². The van der Waals surface area contributed by atoms with Crippen LogP contribution in [0.4, 0.5) is 0 Å². The van der Waals surface area contributed by atoms with Crippen molar-refractivity contribution in [3.63, 3.8) is 0 Å². The standard InChI is InChI=1S/C14H19NO/c1-3-14(9-10-15(2)13(14)16)11-12-7-5-4-6-8-12/h4-8H,3,9-11H2,1-2H3. The number of hydrogen-bond acceptors (Lipinski definition) is 1. The van der Waals surface area contributed by atoms with Gasteiger partial charge in [0.2, 0.25) is 5.91 Å². The van der Waals surface area contributed by atoms with Crippen LogP contribution in [0.1, 0.15) is 25.3 Å². The Kier molecular flexibility index (Phi) is 2.99. The van der Waals surface area contributed by atoms with E-state index >= 15 is 0 Å². The Morgan fingerprint density at radius 3 is 2.50 bits per heavy atom.